The molecule has 10 heteroatoms. The van der Waals surface area contributed by atoms with E-state index in [0.29, 0.717) is 40.8 Å². The summed E-state index contributed by atoms with van der Waals surface area (Å²) in [6.07, 6.45) is 6.28. The number of carbonyl (C=O) groups excluding carboxylic acids is 2. The third kappa shape index (κ3) is 3.63. The Hall–Kier alpha value is -3.69. The molecule has 4 rings (SSSR count). The number of methoxy groups -OCH3 is 1. The van der Waals surface area contributed by atoms with Crippen molar-refractivity contribution in [2.45, 2.75) is 25.8 Å². The predicted molar refractivity (Wildman–Crippen MR) is 111 cm³/mol. The van der Waals surface area contributed by atoms with Crippen LogP contribution >= 0.6 is 0 Å². The molecule has 3 aromatic rings. The number of nitrogens with two attached hydrogens (primary N) is 1. The molecule has 0 aromatic carbocycles. The van der Waals surface area contributed by atoms with Gasteiger partial charge in [-0.05, 0) is 30.4 Å². The van der Waals surface area contributed by atoms with Crippen molar-refractivity contribution in [3.05, 3.63) is 36.3 Å². The van der Waals surface area contributed by atoms with Gasteiger partial charge in [0.15, 0.2) is 0 Å². The van der Waals surface area contributed by atoms with Crippen LogP contribution in [0.25, 0.3) is 10.9 Å². The largest absolute Gasteiger partial charge is 0.481 e. The summed E-state index contributed by atoms with van der Waals surface area (Å²) in [4.78, 5) is 35.8. The first-order valence-electron chi connectivity index (χ1n) is 9.67. The van der Waals surface area contributed by atoms with Crippen LogP contribution in [0.2, 0.25) is 0 Å². The number of fused-ring (bicyclic) bond motifs is 1. The van der Waals surface area contributed by atoms with E-state index in [1.807, 2.05) is 6.07 Å². The predicted octanol–water partition coefficient (Wildman–Crippen LogP) is 1.88. The number of nitrogens with one attached hydrogen (secondary N) is 2. The number of H-pyrrole nitrogens is 1. The van der Waals surface area contributed by atoms with Crippen LogP contribution in [0.15, 0.2) is 30.7 Å². The first kappa shape index (κ1) is 19.6. The van der Waals surface area contributed by atoms with E-state index in [2.05, 4.69) is 32.4 Å². The highest BCUT2D eigenvalue weighted by Crippen LogP contribution is 2.34. The maximum atomic E-state index is 13.1. The van der Waals surface area contributed by atoms with Gasteiger partial charge in [-0.25, -0.2) is 9.97 Å². The number of rotatable bonds is 3. The zero-order chi connectivity index (χ0) is 21.3. The lowest BCUT2D eigenvalue weighted by atomic mass is 9.90. The van der Waals surface area contributed by atoms with E-state index in [1.54, 1.807) is 24.3 Å². The quantitative estimate of drug-likeness (QED) is 0.561. The summed E-state index contributed by atoms with van der Waals surface area (Å²) in [5, 5.41) is 9.94. The molecular formula is C20H23N7O3. The number of anilines is 2. The minimum absolute atomic E-state index is 0.229. The summed E-state index contributed by atoms with van der Waals surface area (Å²) in [6, 6.07) is 3.42. The standard InChI is InChI=1S/C20H23N7O3/c1-11-3-4-15(12-5-6-22-16(7-12)30-2)27(10-11)20(29)19(28)25-14-9-23-18(21)13-8-24-26-17(13)14/h5-9,11,15H,3-4,10H2,1-2H3,(H2,21,23)(H,24,26)(H,25,28)/t11-,15-/m0/s1. The maximum Gasteiger partial charge on any atom is 0.314 e. The van der Waals surface area contributed by atoms with E-state index >= 15 is 0 Å². The molecular weight excluding hydrogens is 386 g/mol. The molecule has 1 aliphatic heterocycles. The third-order valence-corrected chi connectivity index (χ3v) is 5.39. The van der Waals surface area contributed by atoms with Crippen molar-refractivity contribution in [1.29, 1.82) is 0 Å². The number of likely N-dealkylation sites (tertiary alicyclic amines) is 1. The van der Waals surface area contributed by atoms with Crippen molar-refractivity contribution in [1.82, 2.24) is 25.1 Å². The fraction of sp³-hybridized carbons (Fsp3) is 0.350. The highest BCUT2D eigenvalue weighted by molar-refractivity contribution is 6.40. The van der Waals surface area contributed by atoms with Crippen molar-refractivity contribution in [3.63, 3.8) is 0 Å². The Morgan fingerprint density at radius 1 is 1.30 bits per heavy atom. The molecule has 1 fully saturated rings. The average Bonchev–Trinajstić information content (AvgIpc) is 3.26. The molecule has 3 aromatic heterocycles. The molecule has 1 saturated heterocycles. The van der Waals surface area contributed by atoms with Crippen molar-refractivity contribution >= 4 is 34.2 Å². The third-order valence-electron chi connectivity index (χ3n) is 5.39. The van der Waals surface area contributed by atoms with Gasteiger partial charge in [-0.2, -0.15) is 5.10 Å². The van der Waals surface area contributed by atoms with Crippen LogP contribution in [0.3, 0.4) is 0 Å². The molecule has 0 spiro atoms. The van der Waals surface area contributed by atoms with E-state index in [9.17, 15) is 9.59 Å². The highest BCUT2D eigenvalue weighted by atomic mass is 16.5. The van der Waals surface area contributed by atoms with Crippen molar-refractivity contribution in [2.24, 2.45) is 5.92 Å². The second kappa shape index (κ2) is 7.97. The van der Waals surface area contributed by atoms with Crippen LogP contribution in [-0.2, 0) is 9.59 Å². The molecule has 0 aliphatic carbocycles. The Bertz CT molecular complexity index is 1100. The number of nitrogen functional groups attached to an aromatic ring is 1. The molecule has 0 saturated carbocycles. The molecule has 0 radical (unpaired) electrons. The van der Waals surface area contributed by atoms with Gasteiger partial charge in [0.2, 0.25) is 5.88 Å². The number of hydrogen-bond acceptors (Lipinski definition) is 7. The number of aromatic amines is 1. The van der Waals surface area contributed by atoms with Crippen LogP contribution in [0.5, 0.6) is 5.88 Å². The summed E-state index contributed by atoms with van der Waals surface area (Å²) in [5.74, 6) is -0.291. The number of aromatic nitrogens is 4. The smallest absolute Gasteiger partial charge is 0.314 e. The van der Waals surface area contributed by atoms with Crippen LogP contribution in [0, 0.1) is 5.92 Å². The average molecular weight is 409 g/mol. The van der Waals surface area contributed by atoms with Crippen LogP contribution in [0.4, 0.5) is 11.5 Å². The molecule has 1 aliphatic rings. The van der Waals surface area contributed by atoms with E-state index in [0.717, 1.165) is 18.4 Å². The number of hydrogen-bond donors (Lipinski definition) is 3. The zero-order valence-corrected chi connectivity index (χ0v) is 16.8. The van der Waals surface area contributed by atoms with Crippen molar-refractivity contribution in [3.8, 4) is 5.88 Å². The minimum Gasteiger partial charge on any atom is -0.481 e. The first-order chi connectivity index (χ1) is 14.5. The number of piperidine rings is 1. The van der Waals surface area contributed by atoms with Gasteiger partial charge in [0.05, 0.1) is 42.1 Å². The lowest BCUT2D eigenvalue weighted by Crippen LogP contribution is -2.46. The molecule has 2 atom stereocenters. The minimum atomic E-state index is -0.738. The van der Waals surface area contributed by atoms with E-state index in [1.165, 1.54) is 12.4 Å². The van der Waals surface area contributed by atoms with Gasteiger partial charge < -0.3 is 20.7 Å². The van der Waals surface area contributed by atoms with E-state index in [4.69, 9.17) is 10.5 Å². The van der Waals surface area contributed by atoms with Gasteiger partial charge in [0.1, 0.15) is 5.82 Å². The fourth-order valence-corrected chi connectivity index (χ4v) is 3.82. The number of pyridine rings is 2. The molecule has 4 heterocycles. The lowest BCUT2D eigenvalue weighted by Gasteiger charge is -2.38. The number of nitrogens with zero attached hydrogens (tertiary/aromatic N) is 4. The topological polar surface area (TPSA) is 139 Å². The van der Waals surface area contributed by atoms with Crippen LogP contribution in [-0.4, -0.2) is 50.5 Å². The van der Waals surface area contributed by atoms with Gasteiger partial charge in [0.25, 0.3) is 0 Å². The molecule has 0 unspecified atom stereocenters. The Balaban J connectivity index is 1.59. The van der Waals surface area contributed by atoms with Crippen molar-refractivity contribution in [2.75, 3.05) is 24.7 Å². The highest BCUT2D eigenvalue weighted by Gasteiger charge is 2.34. The summed E-state index contributed by atoms with van der Waals surface area (Å²) in [7, 11) is 1.54. The Morgan fingerprint density at radius 3 is 2.93 bits per heavy atom. The first-order valence-corrected chi connectivity index (χ1v) is 9.67. The summed E-state index contributed by atoms with van der Waals surface area (Å²) < 4.78 is 5.21. The normalized spacial score (nSPS) is 18.9. The van der Waals surface area contributed by atoms with Crippen molar-refractivity contribution < 1.29 is 14.3 Å². The number of amides is 2. The SMILES string of the molecule is COc1cc([C@@H]2CC[C@H](C)CN2C(=O)C(=O)Nc2cnc(N)c3cn[nH]c23)ccn1. The number of carbonyl (C=O) groups is 2. The van der Waals surface area contributed by atoms with E-state index in [-0.39, 0.29) is 6.04 Å². The summed E-state index contributed by atoms with van der Waals surface area (Å²) in [5.41, 5.74) is 7.58. The summed E-state index contributed by atoms with van der Waals surface area (Å²) >= 11 is 0. The second-order valence-corrected chi connectivity index (χ2v) is 7.46. The molecule has 2 amide bonds. The van der Waals surface area contributed by atoms with Gasteiger partial charge in [-0.1, -0.05) is 6.92 Å². The van der Waals surface area contributed by atoms with Gasteiger partial charge in [-0.3, -0.25) is 14.7 Å². The molecule has 156 valence electrons. The van der Waals surface area contributed by atoms with Gasteiger partial charge in [-0.15, -0.1) is 0 Å². The maximum absolute atomic E-state index is 13.1. The second-order valence-electron chi connectivity index (χ2n) is 7.46. The molecule has 0 bridgehead atoms. The number of ether oxygens (including phenoxy) is 1. The Kier molecular flexibility index (Phi) is 5.21. The Labute approximate surface area is 172 Å². The fourth-order valence-electron chi connectivity index (χ4n) is 3.82. The lowest BCUT2D eigenvalue weighted by molar-refractivity contribution is -0.146. The molecule has 4 N–H and O–H groups in total. The van der Waals surface area contributed by atoms with Gasteiger partial charge in [0, 0.05) is 18.8 Å². The molecule has 10 nitrogen and oxygen atoms in total. The van der Waals surface area contributed by atoms with E-state index < -0.39 is 11.8 Å². The van der Waals surface area contributed by atoms with Gasteiger partial charge >= 0.3 is 11.8 Å². The van der Waals surface area contributed by atoms with Crippen LogP contribution < -0.4 is 15.8 Å². The summed E-state index contributed by atoms with van der Waals surface area (Å²) in [6.45, 7) is 2.56. The molecule has 30 heavy (non-hydrogen) atoms. The monoisotopic (exact) mass is 409 g/mol. The zero-order valence-electron chi connectivity index (χ0n) is 16.8. The Morgan fingerprint density at radius 2 is 2.13 bits per heavy atom. The van der Waals surface area contributed by atoms with Crippen LogP contribution in [0.1, 0.15) is 31.4 Å².